The van der Waals surface area contributed by atoms with E-state index in [-0.39, 0.29) is 0 Å². The molecule has 6 nitrogen and oxygen atoms in total. The lowest BCUT2D eigenvalue weighted by Crippen LogP contribution is -2.15. The van der Waals surface area contributed by atoms with E-state index in [4.69, 9.17) is 19.7 Å². The quantitative estimate of drug-likeness (QED) is 0.181. The van der Waals surface area contributed by atoms with Gasteiger partial charge in [0.1, 0.15) is 5.82 Å². The Morgan fingerprint density at radius 2 is 1.04 bits per heavy atom. The Hall–Kier alpha value is -6.79. The molecule has 49 heavy (non-hydrogen) atoms. The summed E-state index contributed by atoms with van der Waals surface area (Å²) in [6.07, 6.45) is 3.66. The third-order valence-corrected chi connectivity index (χ3v) is 9.28. The van der Waals surface area contributed by atoms with E-state index < -0.39 is 0 Å². The molecule has 0 fully saturated rings. The lowest BCUT2D eigenvalue weighted by Gasteiger charge is -2.32. The first-order chi connectivity index (χ1) is 24.3. The van der Waals surface area contributed by atoms with Crippen LogP contribution < -0.4 is 9.64 Å². The molecule has 0 saturated heterocycles. The van der Waals surface area contributed by atoms with Crippen molar-refractivity contribution in [1.29, 1.82) is 0 Å². The molecule has 0 aliphatic carbocycles. The van der Waals surface area contributed by atoms with Crippen LogP contribution in [0.1, 0.15) is 0 Å². The van der Waals surface area contributed by atoms with Crippen LogP contribution in [0.2, 0.25) is 0 Å². The SMILES string of the molecule is c1ccc(-n2c(-c3ccccc3-c3ccc(N4c5ccccc5Oc5ccccc54)cc3)nc3c4cccnc4c4ncccc4c32)cc1. The summed E-state index contributed by atoms with van der Waals surface area (Å²) in [6, 6.07) is 52.2. The zero-order valence-corrected chi connectivity index (χ0v) is 26.2. The highest BCUT2D eigenvalue weighted by atomic mass is 16.5. The highest BCUT2D eigenvalue weighted by Crippen LogP contribution is 2.50. The number of fused-ring (bicyclic) bond motifs is 8. The molecular weight excluding hydrogens is 603 g/mol. The van der Waals surface area contributed by atoms with Gasteiger partial charge in [-0.05, 0) is 83.9 Å². The summed E-state index contributed by atoms with van der Waals surface area (Å²) in [5.41, 5.74) is 11.0. The Balaban J connectivity index is 1.18. The van der Waals surface area contributed by atoms with E-state index in [0.29, 0.717) is 0 Å². The zero-order valence-electron chi connectivity index (χ0n) is 26.2. The monoisotopic (exact) mass is 629 g/mol. The first-order valence-corrected chi connectivity index (χ1v) is 16.3. The number of ether oxygens (including phenoxy) is 1. The van der Waals surface area contributed by atoms with Crippen LogP contribution >= 0.6 is 0 Å². The fourth-order valence-corrected chi connectivity index (χ4v) is 7.14. The van der Waals surface area contributed by atoms with Gasteiger partial charge in [-0.3, -0.25) is 14.5 Å². The first-order valence-electron chi connectivity index (χ1n) is 16.3. The zero-order chi connectivity index (χ0) is 32.3. The van der Waals surface area contributed by atoms with Crippen molar-refractivity contribution in [3.8, 4) is 39.7 Å². The Labute approximate surface area is 282 Å². The predicted octanol–water partition coefficient (Wildman–Crippen LogP) is 11.0. The van der Waals surface area contributed by atoms with Crippen molar-refractivity contribution in [3.63, 3.8) is 0 Å². The molecule has 0 saturated carbocycles. The molecule has 0 radical (unpaired) electrons. The minimum atomic E-state index is 0.834. The highest BCUT2D eigenvalue weighted by molar-refractivity contribution is 6.21. The van der Waals surface area contributed by atoms with Crippen LogP contribution in [0.4, 0.5) is 17.1 Å². The molecule has 0 bridgehead atoms. The van der Waals surface area contributed by atoms with E-state index in [2.05, 4.69) is 107 Å². The number of nitrogens with zero attached hydrogens (tertiary/aromatic N) is 5. The molecule has 1 aliphatic rings. The number of hydrogen-bond donors (Lipinski definition) is 0. The number of hydrogen-bond acceptors (Lipinski definition) is 5. The predicted molar refractivity (Wildman–Crippen MR) is 197 cm³/mol. The minimum absolute atomic E-state index is 0.834. The van der Waals surface area contributed by atoms with Crippen LogP contribution in [0.3, 0.4) is 0 Å². The van der Waals surface area contributed by atoms with E-state index in [1.54, 1.807) is 0 Å². The van der Waals surface area contributed by atoms with Crippen molar-refractivity contribution in [3.05, 3.63) is 164 Å². The fourth-order valence-electron chi connectivity index (χ4n) is 7.14. The van der Waals surface area contributed by atoms with E-state index in [1.807, 2.05) is 67.0 Å². The van der Waals surface area contributed by atoms with Crippen LogP contribution in [0.25, 0.3) is 61.0 Å². The molecule has 10 rings (SSSR count). The largest absolute Gasteiger partial charge is 0.453 e. The number of benzene rings is 6. The maximum atomic E-state index is 6.25. The van der Waals surface area contributed by atoms with Gasteiger partial charge in [-0.15, -0.1) is 0 Å². The van der Waals surface area contributed by atoms with E-state index >= 15 is 0 Å². The molecule has 0 unspecified atom stereocenters. The van der Waals surface area contributed by atoms with Gasteiger partial charge >= 0.3 is 0 Å². The Morgan fingerprint density at radius 3 is 1.76 bits per heavy atom. The lowest BCUT2D eigenvalue weighted by atomic mass is 9.98. The normalized spacial score (nSPS) is 12.2. The van der Waals surface area contributed by atoms with E-state index in [0.717, 1.165) is 89.6 Å². The van der Waals surface area contributed by atoms with Crippen LogP contribution in [-0.2, 0) is 0 Å². The minimum Gasteiger partial charge on any atom is -0.453 e. The van der Waals surface area contributed by atoms with Gasteiger partial charge in [0.15, 0.2) is 11.5 Å². The molecule has 1 aliphatic heterocycles. The fraction of sp³-hybridized carbons (Fsp3) is 0. The van der Waals surface area contributed by atoms with Crippen LogP contribution in [0.15, 0.2) is 164 Å². The molecule has 0 spiro atoms. The third kappa shape index (κ3) is 4.24. The van der Waals surface area contributed by atoms with Gasteiger partial charge in [0.05, 0.1) is 33.4 Å². The van der Waals surface area contributed by atoms with Crippen LogP contribution in [0, 0.1) is 0 Å². The van der Waals surface area contributed by atoms with Gasteiger partial charge in [0, 0.05) is 40.1 Å². The van der Waals surface area contributed by atoms with Crippen LogP contribution in [-0.4, -0.2) is 19.5 Å². The lowest BCUT2D eigenvalue weighted by molar-refractivity contribution is 0.477. The van der Waals surface area contributed by atoms with E-state index in [1.165, 1.54) is 0 Å². The number of aromatic nitrogens is 4. The van der Waals surface area contributed by atoms with Gasteiger partial charge in [0.2, 0.25) is 0 Å². The highest BCUT2D eigenvalue weighted by Gasteiger charge is 2.26. The second-order valence-electron chi connectivity index (χ2n) is 12.1. The van der Waals surface area contributed by atoms with Crippen molar-refractivity contribution < 1.29 is 4.74 Å². The second kappa shape index (κ2) is 10.9. The Kier molecular flexibility index (Phi) is 6.08. The number of rotatable bonds is 4. The summed E-state index contributed by atoms with van der Waals surface area (Å²) in [4.78, 5) is 17.3. The van der Waals surface area contributed by atoms with Crippen molar-refractivity contribution >= 4 is 49.9 Å². The molecule has 9 aromatic rings. The molecule has 0 atom stereocenters. The Bertz CT molecular complexity index is 2650. The second-order valence-corrected chi connectivity index (χ2v) is 12.1. The van der Waals surface area contributed by atoms with Crippen molar-refractivity contribution in [1.82, 2.24) is 19.5 Å². The molecule has 4 heterocycles. The van der Waals surface area contributed by atoms with Crippen molar-refractivity contribution in [2.75, 3.05) is 4.90 Å². The molecule has 0 N–H and O–H groups in total. The molecule has 3 aromatic heterocycles. The number of imidazole rings is 1. The Morgan fingerprint density at radius 1 is 0.449 bits per heavy atom. The first kappa shape index (κ1) is 27.3. The van der Waals surface area contributed by atoms with Gasteiger partial charge < -0.3 is 9.64 Å². The maximum absolute atomic E-state index is 6.25. The summed E-state index contributed by atoms with van der Waals surface area (Å²) >= 11 is 0. The molecular formula is C43H27N5O. The maximum Gasteiger partial charge on any atom is 0.151 e. The molecule has 6 heteroatoms. The average molecular weight is 630 g/mol. The van der Waals surface area contributed by atoms with Gasteiger partial charge in [-0.2, -0.15) is 0 Å². The summed E-state index contributed by atoms with van der Waals surface area (Å²) in [6.45, 7) is 0. The number of anilines is 3. The molecule has 6 aromatic carbocycles. The topological polar surface area (TPSA) is 56.1 Å². The standard InChI is InChI=1S/C43H27N5O/c1-2-12-29(13-3-1)48-42-34-17-11-27-45-40(34)39-33(16-10-26-44-39)41(42)46-43(48)32-15-5-4-14-31(32)28-22-24-30(25-23-28)47-35-18-6-8-20-37(35)49-38-21-9-7-19-36(38)47/h1-27H. The van der Waals surface area contributed by atoms with Gasteiger partial charge in [-0.25, -0.2) is 4.98 Å². The van der Waals surface area contributed by atoms with Crippen LogP contribution in [0.5, 0.6) is 11.5 Å². The van der Waals surface area contributed by atoms with E-state index in [9.17, 15) is 0 Å². The molecule has 0 amide bonds. The van der Waals surface area contributed by atoms with Gasteiger partial charge in [-0.1, -0.05) is 78.9 Å². The number of pyridine rings is 2. The summed E-state index contributed by atoms with van der Waals surface area (Å²) in [7, 11) is 0. The summed E-state index contributed by atoms with van der Waals surface area (Å²) < 4.78 is 8.53. The van der Waals surface area contributed by atoms with Gasteiger partial charge in [0.25, 0.3) is 0 Å². The summed E-state index contributed by atoms with van der Waals surface area (Å²) in [5, 5.41) is 1.99. The molecule has 230 valence electrons. The smallest absolute Gasteiger partial charge is 0.151 e. The summed E-state index contributed by atoms with van der Waals surface area (Å²) in [5.74, 6) is 2.53. The average Bonchev–Trinajstić information content (AvgIpc) is 3.59. The number of para-hydroxylation sites is 5. The van der Waals surface area contributed by atoms with Crippen molar-refractivity contribution in [2.24, 2.45) is 0 Å². The third-order valence-electron chi connectivity index (χ3n) is 9.28. The van der Waals surface area contributed by atoms with Crippen molar-refractivity contribution in [2.45, 2.75) is 0 Å².